The van der Waals surface area contributed by atoms with E-state index in [1.807, 2.05) is 11.0 Å². The second kappa shape index (κ2) is 11.6. The number of halogens is 1. The largest absolute Gasteiger partial charge is 0.390 e. The fourth-order valence-electron chi connectivity index (χ4n) is 6.25. The Morgan fingerprint density at radius 2 is 2.00 bits per heavy atom. The summed E-state index contributed by atoms with van der Waals surface area (Å²) in [6.07, 6.45) is 0.512. The highest BCUT2D eigenvalue weighted by Crippen LogP contribution is 2.40. The first-order chi connectivity index (χ1) is 18.6. The number of fused-ring (bicyclic) bond motifs is 1. The number of carbonyl (C=O) groups is 1. The third kappa shape index (κ3) is 6.18. The van der Waals surface area contributed by atoms with Crippen LogP contribution in [0.5, 0.6) is 0 Å². The predicted molar refractivity (Wildman–Crippen MR) is 148 cm³/mol. The number of aliphatic hydroxyl groups excluding tert-OH is 1. The minimum Gasteiger partial charge on any atom is -0.390 e. The van der Waals surface area contributed by atoms with Gasteiger partial charge >= 0.3 is 0 Å². The van der Waals surface area contributed by atoms with Crippen molar-refractivity contribution in [1.82, 2.24) is 14.8 Å². The van der Waals surface area contributed by atoms with Crippen molar-refractivity contribution >= 4 is 11.6 Å². The summed E-state index contributed by atoms with van der Waals surface area (Å²) in [6.45, 7) is 14.6. The Balaban J connectivity index is 1.37. The van der Waals surface area contributed by atoms with Crippen molar-refractivity contribution in [2.45, 2.75) is 64.3 Å². The number of nitrogens with zero attached hydrogens (tertiary/aromatic N) is 4. The molecule has 2 aromatic rings. The van der Waals surface area contributed by atoms with Crippen LogP contribution in [0.25, 0.3) is 0 Å². The van der Waals surface area contributed by atoms with Gasteiger partial charge in [-0.3, -0.25) is 19.6 Å². The molecule has 3 aliphatic heterocycles. The lowest BCUT2D eigenvalue weighted by Crippen LogP contribution is -2.96. The number of anilines is 1. The zero-order valence-corrected chi connectivity index (χ0v) is 23.7. The number of nitrogens with two attached hydrogens (primary N) is 1. The van der Waals surface area contributed by atoms with E-state index >= 15 is 0 Å². The van der Waals surface area contributed by atoms with Crippen LogP contribution in [-0.4, -0.2) is 96.4 Å². The maximum Gasteiger partial charge on any atom is 0.241 e. The van der Waals surface area contributed by atoms with Gasteiger partial charge in [-0.15, -0.1) is 0 Å². The maximum atomic E-state index is 14.0. The van der Waals surface area contributed by atoms with Gasteiger partial charge in [-0.1, -0.05) is 26.0 Å². The smallest absolute Gasteiger partial charge is 0.241 e. The Morgan fingerprint density at radius 3 is 2.72 bits per heavy atom. The number of amides is 1. The van der Waals surface area contributed by atoms with Gasteiger partial charge in [0.15, 0.2) is 0 Å². The Morgan fingerprint density at radius 1 is 1.23 bits per heavy atom. The average molecular weight is 541 g/mol. The minimum atomic E-state index is -0.324. The lowest BCUT2D eigenvalue weighted by atomic mass is 9.90. The van der Waals surface area contributed by atoms with Crippen LogP contribution in [0.2, 0.25) is 0 Å². The van der Waals surface area contributed by atoms with Gasteiger partial charge in [-0.05, 0) is 49.6 Å². The second-order valence-corrected chi connectivity index (χ2v) is 12.2. The summed E-state index contributed by atoms with van der Waals surface area (Å²) in [6, 6.07) is 9.52. The number of pyridine rings is 1. The molecule has 3 atom stereocenters. The summed E-state index contributed by atoms with van der Waals surface area (Å²) in [4.78, 5) is 25.6. The quantitative estimate of drug-likeness (QED) is 0.551. The van der Waals surface area contributed by atoms with Gasteiger partial charge in [0.25, 0.3) is 0 Å². The standard InChI is InChI=1S/C30H42FN5O3/c1-20-14-35(25(13-32-20)15-34-9-10-39-18-21(34)2)16-28(38)36-19-30(3,4)29-27(36)12-23(26(17-37)33-29)11-22-5-7-24(31)8-6-22/h5-8,12,20-21,25,32,37H,9-11,13-19H2,1-4H3/p+1/t20-,21-,25-/m1/s1. The van der Waals surface area contributed by atoms with Gasteiger partial charge in [-0.2, -0.15) is 0 Å². The monoisotopic (exact) mass is 540 g/mol. The number of aliphatic hydroxyl groups is 1. The molecule has 2 saturated heterocycles. The Kier molecular flexibility index (Phi) is 8.35. The first-order valence-corrected chi connectivity index (χ1v) is 14.2. The summed E-state index contributed by atoms with van der Waals surface area (Å²) in [7, 11) is 0. The number of carbonyl (C=O) groups excluding carboxylic acids is 1. The molecule has 1 amide bonds. The molecule has 5 rings (SSSR count). The number of hydrogen-bond donors (Lipinski definition) is 2. The normalized spacial score (nSPS) is 25.6. The van der Waals surface area contributed by atoms with Gasteiger partial charge in [-0.25, -0.2) is 4.39 Å². The maximum absolute atomic E-state index is 14.0. The van der Waals surface area contributed by atoms with E-state index in [9.17, 15) is 14.3 Å². The second-order valence-electron chi connectivity index (χ2n) is 12.2. The Hall–Kier alpha value is -2.43. The van der Waals surface area contributed by atoms with E-state index in [1.165, 1.54) is 12.1 Å². The van der Waals surface area contributed by atoms with E-state index in [1.54, 1.807) is 12.1 Å². The SMILES string of the molecule is C[C@@H]1CN(CC(=O)N2CC(C)(C)c3nc(CO)c(Cc4ccc(F)cc4)cc32)[C@@H](CN2CCOC[C@H]2C)C[NH2+]1. The molecule has 1 aromatic carbocycles. The van der Waals surface area contributed by atoms with Crippen molar-refractivity contribution < 1.29 is 24.3 Å². The van der Waals surface area contributed by atoms with Crippen molar-refractivity contribution in [2.24, 2.45) is 0 Å². The summed E-state index contributed by atoms with van der Waals surface area (Å²) in [5.74, 6) is -0.194. The first-order valence-electron chi connectivity index (χ1n) is 14.2. The molecule has 3 N–H and O–H groups in total. The van der Waals surface area contributed by atoms with E-state index in [4.69, 9.17) is 9.72 Å². The van der Waals surface area contributed by atoms with E-state index in [-0.39, 0.29) is 23.7 Å². The third-order valence-electron chi connectivity index (χ3n) is 8.55. The fourth-order valence-corrected chi connectivity index (χ4v) is 6.25. The number of rotatable bonds is 7. The van der Waals surface area contributed by atoms with Crippen LogP contribution in [-0.2, 0) is 28.0 Å². The van der Waals surface area contributed by atoms with Crippen LogP contribution in [0.15, 0.2) is 30.3 Å². The molecule has 9 heteroatoms. The van der Waals surface area contributed by atoms with Gasteiger partial charge in [0.1, 0.15) is 5.82 Å². The topological polar surface area (TPSA) is 85.8 Å². The summed E-state index contributed by atoms with van der Waals surface area (Å²) >= 11 is 0. The number of ether oxygens (including phenoxy) is 1. The van der Waals surface area contributed by atoms with Crippen molar-refractivity contribution in [1.29, 1.82) is 0 Å². The summed E-state index contributed by atoms with van der Waals surface area (Å²) < 4.78 is 19.1. The first kappa shape index (κ1) is 28.1. The third-order valence-corrected chi connectivity index (χ3v) is 8.55. The number of quaternary nitrogens is 1. The van der Waals surface area contributed by atoms with Crippen molar-refractivity contribution in [3.63, 3.8) is 0 Å². The van der Waals surface area contributed by atoms with Crippen molar-refractivity contribution in [3.8, 4) is 0 Å². The van der Waals surface area contributed by atoms with Crippen LogP contribution in [0, 0.1) is 5.82 Å². The van der Waals surface area contributed by atoms with Crippen LogP contribution < -0.4 is 10.2 Å². The Labute approximate surface area is 231 Å². The van der Waals surface area contributed by atoms with Crippen LogP contribution >= 0.6 is 0 Å². The molecule has 212 valence electrons. The highest BCUT2D eigenvalue weighted by Gasteiger charge is 2.42. The van der Waals surface area contributed by atoms with Crippen LogP contribution in [0.4, 0.5) is 10.1 Å². The highest BCUT2D eigenvalue weighted by molar-refractivity contribution is 5.97. The molecule has 0 radical (unpaired) electrons. The van der Waals surface area contributed by atoms with Crippen molar-refractivity contribution in [3.05, 3.63) is 58.7 Å². The van der Waals surface area contributed by atoms with Gasteiger partial charge in [0.05, 0.1) is 68.6 Å². The van der Waals surface area contributed by atoms with E-state index in [0.29, 0.717) is 43.3 Å². The molecule has 0 bridgehead atoms. The van der Waals surface area contributed by atoms with E-state index < -0.39 is 0 Å². The molecule has 2 fully saturated rings. The van der Waals surface area contributed by atoms with Gasteiger partial charge in [0, 0.05) is 31.1 Å². The molecule has 4 heterocycles. The van der Waals surface area contributed by atoms with Gasteiger partial charge < -0.3 is 20.1 Å². The molecule has 0 spiro atoms. The molecule has 0 unspecified atom stereocenters. The predicted octanol–water partition coefficient (Wildman–Crippen LogP) is 1.28. The van der Waals surface area contributed by atoms with Gasteiger partial charge in [0.2, 0.25) is 5.91 Å². The van der Waals surface area contributed by atoms with Crippen molar-refractivity contribution in [2.75, 3.05) is 57.4 Å². The fraction of sp³-hybridized carbons (Fsp3) is 0.600. The molecule has 1 aromatic heterocycles. The number of piperazine rings is 1. The van der Waals surface area contributed by atoms with Crippen LogP contribution in [0.1, 0.15) is 50.2 Å². The highest BCUT2D eigenvalue weighted by atomic mass is 19.1. The molecule has 8 nitrogen and oxygen atoms in total. The molecule has 0 saturated carbocycles. The number of morpholine rings is 1. The molecular weight excluding hydrogens is 497 g/mol. The molecule has 0 aliphatic carbocycles. The van der Waals surface area contributed by atoms with E-state index in [2.05, 4.69) is 42.8 Å². The lowest BCUT2D eigenvalue weighted by molar-refractivity contribution is -0.700. The Bertz CT molecular complexity index is 1170. The van der Waals surface area contributed by atoms with Crippen LogP contribution in [0.3, 0.4) is 0 Å². The molecule has 3 aliphatic rings. The zero-order valence-electron chi connectivity index (χ0n) is 23.7. The summed E-state index contributed by atoms with van der Waals surface area (Å²) in [5.41, 5.74) is 3.76. The average Bonchev–Trinajstić information content (AvgIpc) is 3.17. The number of aromatic nitrogens is 1. The number of hydrogen-bond acceptors (Lipinski definition) is 6. The molecule has 39 heavy (non-hydrogen) atoms. The minimum absolute atomic E-state index is 0.0854. The lowest BCUT2D eigenvalue weighted by Gasteiger charge is -2.42. The summed E-state index contributed by atoms with van der Waals surface area (Å²) in [5, 5.41) is 12.5. The molecular formula is C30H43FN5O3+. The van der Waals surface area contributed by atoms with E-state index in [0.717, 1.165) is 61.9 Å². The number of benzene rings is 1. The zero-order chi connectivity index (χ0) is 27.7.